The highest BCUT2D eigenvalue weighted by Gasteiger charge is 2.46. The number of carbonyl (C=O) groups excluding carboxylic acids is 3. The van der Waals surface area contributed by atoms with Gasteiger partial charge < -0.3 is 5.73 Å². The molecule has 106 valence electrons. The van der Waals surface area contributed by atoms with Crippen LogP contribution in [0.5, 0.6) is 0 Å². The van der Waals surface area contributed by atoms with Crippen molar-refractivity contribution in [3.05, 3.63) is 52.2 Å². The van der Waals surface area contributed by atoms with Crippen molar-refractivity contribution < 1.29 is 14.4 Å². The molecule has 0 aliphatic carbocycles. The highest BCUT2D eigenvalue weighted by molar-refractivity contribution is 7.62. The van der Waals surface area contributed by atoms with Crippen LogP contribution in [0.2, 0.25) is 0 Å². The average molecular weight is 322 g/mol. The summed E-state index contributed by atoms with van der Waals surface area (Å²) in [5.41, 5.74) is 6.08. The Hall–Kier alpha value is -2.18. The number of fused-ring (bicyclic) bond motifs is 1. The zero-order valence-corrected chi connectivity index (χ0v) is 12.2. The van der Waals surface area contributed by atoms with Crippen LogP contribution in [0.25, 0.3) is 0 Å². The van der Waals surface area contributed by atoms with Crippen LogP contribution in [0.3, 0.4) is 0 Å². The lowest BCUT2D eigenvalue weighted by Gasteiger charge is -2.11. The van der Waals surface area contributed by atoms with E-state index >= 15 is 0 Å². The van der Waals surface area contributed by atoms with Gasteiger partial charge in [-0.2, -0.15) is 0 Å². The Labute approximate surface area is 127 Å². The lowest BCUT2D eigenvalue weighted by atomic mass is 9.95. The molecule has 2 aromatic rings. The van der Waals surface area contributed by atoms with Crippen molar-refractivity contribution in [2.75, 3.05) is 4.90 Å². The monoisotopic (exact) mass is 321 g/mol. The summed E-state index contributed by atoms with van der Waals surface area (Å²) in [6.45, 7) is 0. The standard InChI is InChI=1S/C14H9ClN2O3S/c15-21-7-3-6-10(21)12(18)11-8-4-1-2-5-9(8)17(13(11)19)14(16)20/h1-7,11H,(H-,16,20)/p+1. The lowest BCUT2D eigenvalue weighted by Crippen LogP contribution is -2.40. The molecular formula is C14H10ClN2O3S+. The number of urea groups is 1. The third-order valence-electron chi connectivity index (χ3n) is 3.34. The molecule has 2 heterocycles. The fraction of sp³-hybridized carbons (Fsp3) is 0.0714. The van der Waals surface area contributed by atoms with Crippen molar-refractivity contribution in [1.29, 1.82) is 0 Å². The molecule has 3 amide bonds. The van der Waals surface area contributed by atoms with Crippen molar-refractivity contribution in [1.82, 2.24) is 0 Å². The maximum Gasteiger partial charge on any atom is 0.326 e. The van der Waals surface area contributed by atoms with Gasteiger partial charge in [0.25, 0.3) is 5.91 Å². The molecule has 0 radical (unpaired) electrons. The second kappa shape index (κ2) is 4.98. The number of hydrogen-bond donors (Lipinski definition) is 1. The van der Waals surface area contributed by atoms with Crippen LogP contribution in [-0.4, -0.2) is 17.7 Å². The summed E-state index contributed by atoms with van der Waals surface area (Å²) < 4.78 is 0. The molecule has 3 rings (SSSR count). The number of nitrogens with zero attached hydrogens (tertiary/aromatic N) is 1. The summed E-state index contributed by atoms with van der Waals surface area (Å²) in [5, 5.41) is 1.69. The number of thiophene rings is 1. The SMILES string of the molecule is NC(=O)N1C(=O)C(C(=O)c2ccc[s+]2Cl)c2ccccc21. The molecule has 1 aliphatic heterocycles. The molecule has 2 atom stereocenters. The molecule has 5 nitrogen and oxygen atoms in total. The van der Waals surface area contributed by atoms with E-state index < -0.39 is 27.5 Å². The number of amides is 3. The predicted molar refractivity (Wildman–Crippen MR) is 80.8 cm³/mol. The number of ketones is 1. The number of nitrogens with two attached hydrogens (primary N) is 1. The highest BCUT2D eigenvalue weighted by Crippen LogP contribution is 2.41. The van der Waals surface area contributed by atoms with Crippen molar-refractivity contribution in [2.45, 2.75) is 5.92 Å². The van der Waals surface area contributed by atoms with Crippen molar-refractivity contribution in [2.24, 2.45) is 5.73 Å². The van der Waals surface area contributed by atoms with E-state index in [1.54, 1.807) is 41.8 Å². The molecule has 1 aromatic carbocycles. The molecule has 0 bridgehead atoms. The Bertz CT molecular complexity index is 771. The number of carbonyl (C=O) groups is 3. The molecule has 0 saturated heterocycles. The van der Waals surface area contributed by atoms with Crippen LogP contribution in [0.4, 0.5) is 10.5 Å². The van der Waals surface area contributed by atoms with E-state index in [4.69, 9.17) is 16.4 Å². The number of halogens is 1. The number of imide groups is 1. The second-order valence-corrected chi connectivity index (χ2v) is 6.79. The van der Waals surface area contributed by atoms with Gasteiger partial charge in [-0.25, -0.2) is 9.69 Å². The summed E-state index contributed by atoms with van der Waals surface area (Å²) >= 11 is 0. The van der Waals surface area contributed by atoms with Gasteiger partial charge in [-0.05, 0) is 17.7 Å². The third-order valence-corrected chi connectivity index (χ3v) is 5.30. The molecule has 0 fully saturated rings. The van der Waals surface area contributed by atoms with E-state index in [-0.39, 0.29) is 5.78 Å². The van der Waals surface area contributed by atoms with Gasteiger partial charge >= 0.3 is 6.03 Å². The number of para-hydroxylation sites is 1. The van der Waals surface area contributed by atoms with Crippen molar-refractivity contribution >= 4 is 43.8 Å². The smallest absolute Gasteiger partial charge is 0.326 e. The van der Waals surface area contributed by atoms with Gasteiger partial charge in [-0.15, -0.1) is 0 Å². The van der Waals surface area contributed by atoms with Crippen LogP contribution < -0.4 is 10.6 Å². The van der Waals surface area contributed by atoms with Crippen LogP contribution in [0.1, 0.15) is 21.2 Å². The predicted octanol–water partition coefficient (Wildman–Crippen LogP) is 2.83. The van der Waals surface area contributed by atoms with Gasteiger partial charge in [0.15, 0.2) is 5.38 Å². The van der Waals surface area contributed by atoms with E-state index in [9.17, 15) is 14.4 Å². The average Bonchev–Trinajstić information content (AvgIpc) is 2.98. The fourth-order valence-corrected chi connectivity index (χ4v) is 3.89. The summed E-state index contributed by atoms with van der Waals surface area (Å²) in [6, 6.07) is 9.00. The number of hydrogen-bond acceptors (Lipinski definition) is 3. The number of rotatable bonds is 2. The lowest BCUT2D eigenvalue weighted by molar-refractivity contribution is -0.117. The molecule has 7 heteroatoms. The minimum atomic E-state index is -1.06. The molecule has 1 aliphatic rings. The van der Waals surface area contributed by atoms with E-state index in [1.807, 2.05) is 0 Å². The summed E-state index contributed by atoms with van der Waals surface area (Å²) in [5.74, 6) is -2.08. The first-order valence-corrected chi connectivity index (χ1v) is 8.18. The third kappa shape index (κ3) is 2.03. The number of benzene rings is 1. The normalized spacial score (nSPS) is 17.8. The second-order valence-electron chi connectivity index (χ2n) is 4.51. The first kappa shape index (κ1) is 13.8. The zero-order valence-electron chi connectivity index (χ0n) is 10.7. The van der Waals surface area contributed by atoms with Gasteiger partial charge in [-0.3, -0.25) is 9.59 Å². The van der Waals surface area contributed by atoms with Crippen LogP contribution in [-0.2, 0) is 4.79 Å². The maximum atomic E-state index is 12.6. The fourth-order valence-electron chi connectivity index (χ4n) is 2.45. The van der Waals surface area contributed by atoms with E-state index in [1.165, 1.54) is 0 Å². The Morgan fingerprint density at radius 1 is 1.19 bits per heavy atom. The largest absolute Gasteiger partial charge is 0.351 e. The number of anilines is 1. The van der Waals surface area contributed by atoms with E-state index in [0.29, 0.717) is 16.1 Å². The van der Waals surface area contributed by atoms with E-state index in [0.717, 1.165) is 4.90 Å². The Morgan fingerprint density at radius 3 is 2.52 bits per heavy atom. The molecule has 1 aromatic heterocycles. The molecule has 2 N–H and O–H groups in total. The van der Waals surface area contributed by atoms with E-state index in [2.05, 4.69) is 0 Å². The Balaban J connectivity index is 2.12. The van der Waals surface area contributed by atoms with Crippen LogP contribution >= 0.6 is 20.4 Å². The molecule has 21 heavy (non-hydrogen) atoms. The van der Waals surface area contributed by atoms with Gasteiger partial charge in [-0.1, -0.05) is 18.2 Å². The topological polar surface area (TPSA) is 80.5 Å². The Kier molecular flexibility index (Phi) is 3.27. The Morgan fingerprint density at radius 2 is 1.90 bits per heavy atom. The zero-order chi connectivity index (χ0) is 15.1. The van der Waals surface area contributed by atoms with Crippen molar-refractivity contribution in [3.63, 3.8) is 0 Å². The summed E-state index contributed by atoms with van der Waals surface area (Å²) in [7, 11) is 5.23. The number of primary amides is 1. The van der Waals surface area contributed by atoms with Crippen molar-refractivity contribution in [3.8, 4) is 0 Å². The number of Topliss-reactive ketones (excluding diaryl/α,β-unsaturated/α-hetero) is 1. The minimum absolute atomic E-state index is 0.356. The van der Waals surface area contributed by atoms with Gasteiger partial charge in [0.2, 0.25) is 21.3 Å². The maximum absolute atomic E-state index is 12.6. The molecule has 0 saturated carbocycles. The van der Waals surface area contributed by atoms with Gasteiger partial charge in [0.1, 0.15) is 15.6 Å². The van der Waals surface area contributed by atoms with Gasteiger partial charge in [0.05, 0.1) is 5.69 Å². The summed E-state index contributed by atoms with van der Waals surface area (Å²) in [6.07, 6.45) is 0. The minimum Gasteiger partial charge on any atom is -0.351 e. The molecular weight excluding hydrogens is 312 g/mol. The first-order valence-electron chi connectivity index (χ1n) is 6.06. The van der Waals surface area contributed by atoms with Gasteiger partial charge in [0, 0.05) is 6.07 Å². The molecule has 2 unspecified atom stereocenters. The van der Waals surface area contributed by atoms with Crippen LogP contribution in [0.15, 0.2) is 41.8 Å². The van der Waals surface area contributed by atoms with Crippen LogP contribution in [0, 0.1) is 0 Å². The quantitative estimate of drug-likeness (QED) is 0.524. The first-order chi connectivity index (χ1) is 10.0. The molecule has 0 spiro atoms. The summed E-state index contributed by atoms with van der Waals surface area (Å²) in [4.78, 5) is 37.7. The highest BCUT2D eigenvalue weighted by atomic mass is 35.7.